The fourth-order valence-corrected chi connectivity index (χ4v) is 1.28. The first-order chi connectivity index (χ1) is 6.57. The van der Waals surface area contributed by atoms with Crippen molar-refractivity contribution >= 4 is 5.91 Å². The van der Waals surface area contributed by atoms with Gasteiger partial charge in [0, 0.05) is 25.0 Å². The summed E-state index contributed by atoms with van der Waals surface area (Å²) in [7, 11) is 0. The van der Waals surface area contributed by atoms with Crippen molar-refractivity contribution in [2.45, 2.75) is 46.6 Å². The van der Waals surface area contributed by atoms with Crippen LogP contribution in [0.1, 0.15) is 40.5 Å². The van der Waals surface area contributed by atoms with Gasteiger partial charge >= 0.3 is 0 Å². The second kappa shape index (κ2) is 7.80. The van der Waals surface area contributed by atoms with Gasteiger partial charge in [0.15, 0.2) is 0 Å². The fourth-order valence-electron chi connectivity index (χ4n) is 1.28. The molecule has 0 saturated heterocycles. The molecule has 0 rings (SSSR count). The van der Waals surface area contributed by atoms with E-state index in [2.05, 4.69) is 31.4 Å². The highest BCUT2D eigenvalue weighted by molar-refractivity contribution is 5.78. The Morgan fingerprint density at radius 3 is 2.36 bits per heavy atom. The van der Waals surface area contributed by atoms with Crippen molar-refractivity contribution in [1.29, 1.82) is 0 Å². The Morgan fingerprint density at radius 1 is 1.21 bits per heavy atom. The van der Waals surface area contributed by atoms with Gasteiger partial charge in [-0.2, -0.15) is 0 Å². The van der Waals surface area contributed by atoms with Crippen molar-refractivity contribution in [2.75, 3.05) is 13.1 Å². The van der Waals surface area contributed by atoms with Gasteiger partial charge in [0.25, 0.3) is 0 Å². The molecule has 1 atom stereocenters. The molecule has 1 unspecified atom stereocenters. The molecule has 1 amide bonds. The lowest BCUT2D eigenvalue weighted by atomic mass is 10.1. The summed E-state index contributed by atoms with van der Waals surface area (Å²) in [4.78, 5) is 11.4. The van der Waals surface area contributed by atoms with E-state index in [1.807, 2.05) is 6.92 Å². The second-order valence-electron chi connectivity index (χ2n) is 4.09. The summed E-state index contributed by atoms with van der Waals surface area (Å²) in [5.74, 6) is 0.330. The molecular formula is C11H24N2O. The monoisotopic (exact) mass is 200 g/mol. The van der Waals surface area contributed by atoms with E-state index in [1.165, 1.54) is 0 Å². The lowest BCUT2D eigenvalue weighted by molar-refractivity contribution is -0.124. The van der Waals surface area contributed by atoms with Gasteiger partial charge < -0.3 is 10.6 Å². The zero-order chi connectivity index (χ0) is 11.0. The Balaban J connectivity index is 3.44. The number of hydrogen-bond acceptors (Lipinski definition) is 2. The van der Waals surface area contributed by atoms with Gasteiger partial charge in [-0.25, -0.2) is 0 Å². The zero-order valence-corrected chi connectivity index (χ0v) is 9.89. The number of rotatable bonds is 7. The molecule has 2 N–H and O–H groups in total. The molecule has 14 heavy (non-hydrogen) atoms. The van der Waals surface area contributed by atoms with E-state index in [0.29, 0.717) is 6.04 Å². The van der Waals surface area contributed by atoms with E-state index >= 15 is 0 Å². The Kier molecular flexibility index (Phi) is 7.48. The molecule has 0 aromatic carbocycles. The zero-order valence-electron chi connectivity index (χ0n) is 9.89. The third kappa shape index (κ3) is 6.89. The summed E-state index contributed by atoms with van der Waals surface area (Å²) < 4.78 is 0. The summed E-state index contributed by atoms with van der Waals surface area (Å²) in [6.45, 7) is 9.86. The van der Waals surface area contributed by atoms with Crippen LogP contribution < -0.4 is 10.6 Å². The Labute approximate surface area is 87.6 Å². The molecule has 0 saturated carbocycles. The van der Waals surface area contributed by atoms with E-state index < -0.39 is 0 Å². The first kappa shape index (κ1) is 13.4. The molecule has 0 aliphatic heterocycles. The minimum atomic E-state index is 0.152. The SMILES string of the molecule is CCCC(C)C(=O)NCCNC(C)C. The lowest BCUT2D eigenvalue weighted by Crippen LogP contribution is -2.36. The quantitative estimate of drug-likeness (QED) is 0.612. The van der Waals surface area contributed by atoms with Gasteiger partial charge in [-0.05, 0) is 6.42 Å². The van der Waals surface area contributed by atoms with Crippen LogP contribution in [0, 0.1) is 5.92 Å². The lowest BCUT2D eigenvalue weighted by Gasteiger charge is -2.12. The number of nitrogens with one attached hydrogen (secondary N) is 2. The molecule has 0 aromatic heterocycles. The van der Waals surface area contributed by atoms with Crippen molar-refractivity contribution in [1.82, 2.24) is 10.6 Å². The highest BCUT2D eigenvalue weighted by atomic mass is 16.1. The molecule has 3 heteroatoms. The molecule has 84 valence electrons. The van der Waals surface area contributed by atoms with Crippen molar-refractivity contribution in [2.24, 2.45) is 5.92 Å². The van der Waals surface area contributed by atoms with Gasteiger partial charge in [0.2, 0.25) is 5.91 Å². The van der Waals surface area contributed by atoms with E-state index in [9.17, 15) is 4.79 Å². The topological polar surface area (TPSA) is 41.1 Å². The second-order valence-corrected chi connectivity index (χ2v) is 4.09. The predicted octanol–water partition coefficient (Wildman–Crippen LogP) is 1.54. The van der Waals surface area contributed by atoms with Crippen LogP contribution in [-0.4, -0.2) is 25.0 Å². The summed E-state index contributed by atoms with van der Waals surface area (Å²) in [5, 5.41) is 6.18. The van der Waals surface area contributed by atoms with Gasteiger partial charge in [-0.15, -0.1) is 0 Å². The number of carbonyl (C=O) groups is 1. The maximum absolute atomic E-state index is 11.4. The van der Waals surface area contributed by atoms with Gasteiger partial charge in [-0.3, -0.25) is 4.79 Å². The number of carbonyl (C=O) groups excluding carboxylic acids is 1. The van der Waals surface area contributed by atoms with Crippen molar-refractivity contribution < 1.29 is 4.79 Å². The predicted molar refractivity (Wildman–Crippen MR) is 60.2 cm³/mol. The average Bonchev–Trinajstić information content (AvgIpc) is 2.12. The normalized spacial score (nSPS) is 12.9. The Morgan fingerprint density at radius 2 is 1.86 bits per heavy atom. The first-order valence-corrected chi connectivity index (χ1v) is 5.59. The standard InChI is InChI=1S/C11H24N2O/c1-5-6-10(4)11(14)13-8-7-12-9(2)3/h9-10,12H,5-8H2,1-4H3,(H,13,14). The summed E-state index contributed by atoms with van der Waals surface area (Å²) in [6.07, 6.45) is 2.04. The third-order valence-electron chi connectivity index (χ3n) is 2.15. The highest BCUT2D eigenvalue weighted by Crippen LogP contribution is 2.03. The average molecular weight is 200 g/mol. The van der Waals surface area contributed by atoms with Crippen molar-refractivity contribution in [3.8, 4) is 0 Å². The fraction of sp³-hybridized carbons (Fsp3) is 0.909. The first-order valence-electron chi connectivity index (χ1n) is 5.59. The molecule has 0 heterocycles. The minimum absolute atomic E-state index is 0.152. The van der Waals surface area contributed by atoms with Crippen LogP contribution >= 0.6 is 0 Å². The maximum Gasteiger partial charge on any atom is 0.222 e. The minimum Gasteiger partial charge on any atom is -0.355 e. The van der Waals surface area contributed by atoms with Crippen LogP contribution in [0.5, 0.6) is 0 Å². The third-order valence-corrected chi connectivity index (χ3v) is 2.15. The van der Waals surface area contributed by atoms with Crippen LogP contribution in [0.15, 0.2) is 0 Å². The van der Waals surface area contributed by atoms with Gasteiger partial charge in [-0.1, -0.05) is 34.1 Å². The molecule has 3 nitrogen and oxygen atoms in total. The van der Waals surface area contributed by atoms with Crippen LogP contribution in [0.4, 0.5) is 0 Å². The smallest absolute Gasteiger partial charge is 0.222 e. The highest BCUT2D eigenvalue weighted by Gasteiger charge is 2.10. The van der Waals surface area contributed by atoms with Crippen LogP contribution in [-0.2, 0) is 4.79 Å². The molecular weight excluding hydrogens is 176 g/mol. The largest absolute Gasteiger partial charge is 0.355 e. The van der Waals surface area contributed by atoms with Crippen LogP contribution in [0.25, 0.3) is 0 Å². The molecule has 0 aliphatic carbocycles. The molecule has 0 bridgehead atoms. The molecule has 0 fully saturated rings. The maximum atomic E-state index is 11.4. The van der Waals surface area contributed by atoms with Crippen molar-refractivity contribution in [3.05, 3.63) is 0 Å². The van der Waals surface area contributed by atoms with Crippen molar-refractivity contribution in [3.63, 3.8) is 0 Å². The molecule has 0 spiro atoms. The molecule has 0 aromatic rings. The van der Waals surface area contributed by atoms with Crippen LogP contribution in [0.3, 0.4) is 0 Å². The Bertz CT molecular complexity index is 157. The van der Waals surface area contributed by atoms with Crippen LogP contribution in [0.2, 0.25) is 0 Å². The van der Waals surface area contributed by atoms with Gasteiger partial charge in [0.05, 0.1) is 0 Å². The molecule has 0 aliphatic rings. The van der Waals surface area contributed by atoms with E-state index in [4.69, 9.17) is 0 Å². The van der Waals surface area contributed by atoms with E-state index in [-0.39, 0.29) is 11.8 Å². The summed E-state index contributed by atoms with van der Waals surface area (Å²) >= 11 is 0. The number of amides is 1. The molecule has 0 radical (unpaired) electrons. The Hall–Kier alpha value is -0.570. The number of hydrogen-bond donors (Lipinski definition) is 2. The summed E-state index contributed by atoms with van der Waals surface area (Å²) in [5.41, 5.74) is 0. The van der Waals surface area contributed by atoms with E-state index in [0.717, 1.165) is 25.9 Å². The van der Waals surface area contributed by atoms with E-state index in [1.54, 1.807) is 0 Å². The summed E-state index contributed by atoms with van der Waals surface area (Å²) in [6, 6.07) is 0.486. The van der Waals surface area contributed by atoms with Gasteiger partial charge in [0.1, 0.15) is 0 Å².